The van der Waals surface area contributed by atoms with Gasteiger partial charge in [-0.15, -0.1) is 0 Å². The number of nitrogens with zero attached hydrogens (tertiary/aromatic N) is 1. The van der Waals surface area contributed by atoms with Crippen molar-refractivity contribution in [3.63, 3.8) is 0 Å². The van der Waals surface area contributed by atoms with Gasteiger partial charge in [0.1, 0.15) is 11.6 Å². The summed E-state index contributed by atoms with van der Waals surface area (Å²) in [4.78, 5) is 39.5. The fourth-order valence-electron chi connectivity index (χ4n) is 5.19. The molecule has 0 radical (unpaired) electrons. The van der Waals surface area contributed by atoms with Crippen molar-refractivity contribution in [2.75, 3.05) is 18.4 Å². The molecule has 1 fully saturated rings. The highest BCUT2D eigenvalue weighted by Crippen LogP contribution is 2.47. The molecule has 194 valence electrons. The Morgan fingerprint density at radius 2 is 1.58 bits per heavy atom. The van der Waals surface area contributed by atoms with Crippen LogP contribution in [0.1, 0.15) is 52.0 Å². The molecule has 3 rings (SSSR count). The largest absolute Gasteiger partial charge is 0.321 e. The van der Waals surface area contributed by atoms with Gasteiger partial charge < -0.3 is 5.32 Å². The summed E-state index contributed by atoms with van der Waals surface area (Å²) < 4.78 is 26.3. The molecule has 1 saturated heterocycles. The molecule has 1 heterocycles. The topological polar surface area (TPSA) is 95.5 Å². The first kappa shape index (κ1) is 27.4. The van der Waals surface area contributed by atoms with E-state index >= 15 is 0 Å². The Morgan fingerprint density at radius 1 is 1.00 bits per heavy atom. The number of hydroxylamine groups is 1. The number of aryl methyl sites for hydroxylation is 1. The molecular weight excluding hydrogens is 468 g/mol. The normalized spacial score (nSPS) is 21.9. The van der Waals surface area contributed by atoms with Gasteiger partial charge in [-0.05, 0) is 82.0 Å². The lowest BCUT2D eigenvalue weighted by Crippen LogP contribution is -2.65. The Balaban J connectivity index is 1.83. The molecule has 0 aliphatic carbocycles. The lowest BCUT2D eigenvalue weighted by Gasteiger charge is -2.44. The first-order valence-corrected chi connectivity index (χ1v) is 12.1. The molecule has 3 N–H and O–H groups in total. The number of rotatable bonds is 9. The van der Waals surface area contributed by atoms with Crippen molar-refractivity contribution < 1.29 is 32.9 Å². The van der Waals surface area contributed by atoms with Crippen LogP contribution in [0.15, 0.2) is 48.5 Å². The fourth-order valence-corrected chi connectivity index (χ4v) is 5.19. The third-order valence-corrected chi connectivity index (χ3v) is 7.30. The molecule has 1 aliphatic heterocycles. The van der Waals surface area contributed by atoms with E-state index in [2.05, 4.69) is 5.32 Å². The van der Waals surface area contributed by atoms with Crippen LogP contribution in [-0.4, -0.2) is 46.0 Å². The number of likely N-dealkylation sites (tertiary alicyclic amines) is 1. The van der Waals surface area contributed by atoms with E-state index in [0.717, 1.165) is 5.56 Å². The van der Waals surface area contributed by atoms with Crippen LogP contribution in [0.3, 0.4) is 0 Å². The maximum absolute atomic E-state index is 14.2. The van der Waals surface area contributed by atoms with Crippen LogP contribution in [0.25, 0.3) is 0 Å². The highest BCUT2D eigenvalue weighted by atomic mass is 19.1. The minimum atomic E-state index is -1.06. The van der Waals surface area contributed by atoms with E-state index in [4.69, 9.17) is 0 Å². The number of hydrogen-bond donors (Lipinski definition) is 3. The third kappa shape index (κ3) is 5.96. The van der Waals surface area contributed by atoms with Gasteiger partial charge in [0.15, 0.2) is 6.54 Å². The summed E-state index contributed by atoms with van der Waals surface area (Å²) in [5, 5.41) is 11.9. The Morgan fingerprint density at radius 3 is 2.14 bits per heavy atom. The molecule has 2 unspecified atom stereocenters. The molecule has 9 heteroatoms. The van der Waals surface area contributed by atoms with Gasteiger partial charge in [0.2, 0.25) is 5.91 Å². The zero-order chi connectivity index (χ0) is 26.6. The Hall–Kier alpha value is -3.17. The van der Waals surface area contributed by atoms with Crippen molar-refractivity contribution in [2.24, 2.45) is 5.41 Å². The van der Waals surface area contributed by atoms with Gasteiger partial charge in [-0.3, -0.25) is 14.8 Å². The average molecular weight is 503 g/mol. The Kier molecular flexibility index (Phi) is 8.26. The number of carbonyl (C=O) groups excluding carboxylic acids is 3. The molecule has 3 amide bonds. The van der Waals surface area contributed by atoms with Crippen molar-refractivity contribution in [1.29, 1.82) is 0 Å². The molecule has 2 atom stereocenters. The summed E-state index contributed by atoms with van der Waals surface area (Å²) in [5.41, 5.74) is 1.28. The highest BCUT2D eigenvalue weighted by Gasteiger charge is 2.63. The predicted octanol–water partition coefficient (Wildman–Crippen LogP) is 4.35. The summed E-state index contributed by atoms with van der Waals surface area (Å²) in [6.07, 6.45) is 1.73. The van der Waals surface area contributed by atoms with Gasteiger partial charge in [-0.25, -0.2) is 23.5 Å². The van der Waals surface area contributed by atoms with E-state index in [9.17, 15) is 28.4 Å². The number of nitrogens with one attached hydrogen (secondary N) is 2. The zero-order valence-corrected chi connectivity index (χ0v) is 20.9. The number of amides is 3. The van der Waals surface area contributed by atoms with Crippen LogP contribution in [0.4, 0.5) is 14.5 Å². The fraction of sp³-hybridized carbons (Fsp3) is 0.444. The number of quaternary nitrogens is 1. The van der Waals surface area contributed by atoms with Crippen molar-refractivity contribution in [3.05, 3.63) is 65.7 Å². The summed E-state index contributed by atoms with van der Waals surface area (Å²) in [5.74, 6) is -2.01. The minimum Gasteiger partial charge on any atom is -0.321 e. The molecule has 36 heavy (non-hydrogen) atoms. The molecular formula is C27H34F2N3O4+. The van der Waals surface area contributed by atoms with Gasteiger partial charge in [0, 0.05) is 18.5 Å². The van der Waals surface area contributed by atoms with E-state index < -0.39 is 28.6 Å². The number of halogens is 2. The highest BCUT2D eigenvalue weighted by molar-refractivity contribution is 5.94. The van der Waals surface area contributed by atoms with Gasteiger partial charge in [0.05, 0.1) is 17.5 Å². The monoisotopic (exact) mass is 502 g/mol. The Bertz CT molecular complexity index is 1100. The standard InChI is InChI=1S/C27H33F2N3O4/c1-26(2,3)32(18-24(34)30-22-12-10-21(29)11-13-22)16-15-27(25(32)35,17-23(33)31-36)14-4-5-19-6-8-20(28)9-7-19/h6-13H,4-5,14-18H2,1-3H3,(H2-,30,31,33,34,36)/p+1. The maximum Gasteiger partial charge on any atom is 0.321 e. The smallest absolute Gasteiger partial charge is 0.321 e. The molecule has 7 nitrogen and oxygen atoms in total. The first-order valence-electron chi connectivity index (χ1n) is 12.1. The number of benzene rings is 2. The quantitative estimate of drug-likeness (QED) is 0.270. The van der Waals surface area contributed by atoms with Crippen LogP contribution in [0, 0.1) is 17.0 Å². The van der Waals surface area contributed by atoms with E-state index in [0.29, 0.717) is 37.9 Å². The first-order chi connectivity index (χ1) is 16.9. The molecule has 0 aromatic heterocycles. The summed E-state index contributed by atoms with van der Waals surface area (Å²) in [6.45, 7) is 5.87. The summed E-state index contributed by atoms with van der Waals surface area (Å²) >= 11 is 0. The van der Waals surface area contributed by atoms with Crippen LogP contribution in [-0.2, 0) is 20.8 Å². The van der Waals surface area contributed by atoms with Gasteiger partial charge >= 0.3 is 5.91 Å². The number of carbonyl (C=O) groups is 3. The molecule has 2 aromatic carbocycles. The second-order valence-corrected chi connectivity index (χ2v) is 10.6. The molecule has 0 saturated carbocycles. The Labute approximate surface area is 210 Å². The second-order valence-electron chi connectivity index (χ2n) is 10.6. The van der Waals surface area contributed by atoms with Crippen LogP contribution >= 0.6 is 0 Å². The molecule has 0 bridgehead atoms. The number of hydrogen-bond acceptors (Lipinski definition) is 4. The SMILES string of the molecule is CC(C)(C)[N+]1(CC(=O)Nc2ccc(F)cc2)CCC(CCCc2ccc(F)cc2)(CC(=O)NO)C1=O. The van der Waals surface area contributed by atoms with Crippen LogP contribution in [0.5, 0.6) is 0 Å². The third-order valence-electron chi connectivity index (χ3n) is 7.30. The molecule has 0 spiro atoms. The minimum absolute atomic E-state index is 0.139. The van der Waals surface area contributed by atoms with Gasteiger partial charge in [0.25, 0.3) is 5.91 Å². The summed E-state index contributed by atoms with van der Waals surface area (Å²) in [6, 6.07) is 11.5. The predicted molar refractivity (Wildman–Crippen MR) is 131 cm³/mol. The second kappa shape index (κ2) is 10.8. The molecule has 2 aromatic rings. The van der Waals surface area contributed by atoms with E-state index in [1.165, 1.54) is 36.4 Å². The average Bonchev–Trinajstić information content (AvgIpc) is 3.09. The van der Waals surface area contributed by atoms with Crippen molar-refractivity contribution in [2.45, 2.75) is 58.4 Å². The van der Waals surface area contributed by atoms with Crippen LogP contribution < -0.4 is 10.8 Å². The number of anilines is 1. The molecule has 1 aliphatic rings. The van der Waals surface area contributed by atoms with Crippen molar-refractivity contribution in [3.8, 4) is 0 Å². The van der Waals surface area contributed by atoms with Crippen LogP contribution in [0.2, 0.25) is 0 Å². The van der Waals surface area contributed by atoms with E-state index in [-0.39, 0.29) is 29.2 Å². The maximum atomic E-state index is 14.2. The zero-order valence-electron chi connectivity index (χ0n) is 20.9. The lowest BCUT2D eigenvalue weighted by atomic mass is 9.77. The van der Waals surface area contributed by atoms with Crippen molar-refractivity contribution >= 4 is 23.4 Å². The van der Waals surface area contributed by atoms with E-state index in [1.54, 1.807) is 17.6 Å². The van der Waals surface area contributed by atoms with E-state index in [1.807, 2.05) is 20.8 Å². The summed E-state index contributed by atoms with van der Waals surface area (Å²) in [7, 11) is 0. The lowest BCUT2D eigenvalue weighted by molar-refractivity contribution is -0.886. The van der Waals surface area contributed by atoms with Crippen molar-refractivity contribution in [1.82, 2.24) is 5.48 Å². The van der Waals surface area contributed by atoms with Gasteiger partial charge in [-0.2, -0.15) is 0 Å². The van der Waals surface area contributed by atoms with Gasteiger partial charge in [-0.1, -0.05) is 12.1 Å².